The van der Waals surface area contributed by atoms with E-state index in [-0.39, 0.29) is 11.8 Å². The second kappa shape index (κ2) is 12.9. The Labute approximate surface area is 259 Å². The number of amides is 2. The van der Waals surface area contributed by atoms with Crippen LogP contribution in [0.15, 0.2) is 133 Å². The molecule has 0 aromatic heterocycles. The normalized spacial score (nSPS) is 10.5. The van der Waals surface area contributed by atoms with Gasteiger partial charge < -0.3 is 10.6 Å². The summed E-state index contributed by atoms with van der Waals surface area (Å²) in [6, 6.07) is 41.6. The Balaban J connectivity index is 0.975. The fraction of sp³-hybridized carbons (Fsp3) is 0. The number of benzene rings is 6. The topological polar surface area (TPSA) is 106 Å². The van der Waals surface area contributed by atoms with E-state index in [0.29, 0.717) is 16.2 Å². The highest BCUT2D eigenvalue weighted by atomic mass is 32.1. The number of rotatable bonds is 8. The number of carbonyl (C=O) groups excluding carboxylic acids is 2. The summed E-state index contributed by atoms with van der Waals surface area (Å²) >= 11 is 5.47. The molecule has 216 valence electrons. The molecule has 0 saturated heterocycles. The van der Waals surface area contributed by atoms with Crippen molar-refractivity contribution in [1.29, 1.82) is 0 Å². The van der Waals surface area contributed by atoms with E-state index >= 15 is 0 Å². The van der Waals surface area contributed by atoms with E-state index < -0.39 is 0 Å². The zero-order chi connectivity index (χ0) is 30.3. The number of hydrogen-bond acceptors (Lipinski definition) is 5. The van der Waals surface area contributed by atoms with Crippen LogP contribution in [0.1, 0.15) is 20.7 Å². The van der Waals surface area contributed by atoms with E-state index in [1.165, 1.54) is 0 Å². The maximum atomic E-state index is 12.8. The largest absolute Gasteiger partial charge is 0.332 e. The monoisotopic (exact) mass is 596 g/mol. The predicted molar refractivity (Wildman–Crippen MR) is 183 cm³/mol. The van der Waals surface area contributed by atoms with E-state index in [1.54, 1.807) is 12.1 Å². The Bertz CT molecular complexity index is 1820. The Morgan fingerprint density at radius 3 is 1.23 bits per heavy atom. The first-order valence-corrected chi connectivity index (χ1v) is 14.3. The Hall–Kier alpha value is -5.93. The lowest BCUT2D eigenvalue weighted by atomic mass is 10.0. The van der Waals surface area contributed by atoms with Gasteiger partial charge in [0.1, 0.15) is 0 Å². The molecule has 6 aromatic rings. The van der Waals surface area contributed by atoms with Gasteiger partial charge in [0.2, 0.25) is 0 Å². The van der Waals surface area contributed by atoms with Gasteiger partial charge in [-0.25, -0.2) is 0 Å². The van der Waals surface area contributed by atoms with Gasteiger partial charge in [-0.3, -0.25) is 31.3 Å². The molecule has 44 heavy (non-hydrogen) atoms. The van der Waals surface area contributed by atoms with Crippen LogP contribution in [0, 0.1) is 0 Å². The summed E-state index contributed by atoms with van der Waals surface area (Å²) in [7, 11) is 0. The fourth-order valence-corrected chi connectivity index (χ4v) is 5.04. The Kier molecular flexibility index (Phi) is 8.29. The second-order valence-electron chi connectivity index (χ2n) is 9.95. The lowest BCUT2D eigenvalue weighted by molar-refractivity contribution is 0.0956. The van der Waals surface area contributed by atoms with Crippen LogP contribution >= 0.6 is 12.2 Å². The van der Waals surface area contributed by atoms with Crippen molar-refractivity contribution < 1.29 is 9.59 Å². The third-order valence-electron chi connectivity index (χ3n) is 6.99. The molecule has 6 aromatic carbocycles. The molecule has 0 spiro atoms. The lowest BCUT2D eigenvalue weighted by Crippen LogP contribution is -2.29. The van der Waals surface area contributed by atoms with E-state index in [0.717, 1.165) is 44.3 Å². The van der Waals surface area contributed by atoms with Crippen molar-refractivity contribution in [3.8, 4) is 0 Å². The SMILES string of the molecule is O=C(NNc1ccc(NC(=S)Nc2ccc(NNC(=O)c3cccc4ccccc34)cc2)cc1)c1cccc2ccccc12. The first kappa shape index (κ1) is 28.2. The molecule has 2 amide bonds. The zero-order valence-corrected chi connectivity index (χ0v) is 24.2. The summed E-state index contributed by atoms with van der Waals surface area (Å²) in [5, 5.41) is 10.5. The molecule has 9 heteroatoms. The van der Waals surface area contributed by atoms with Gasteiger partial charge in [-0.1, -0.05) is 72.8 Å². The molecule has 0 saturated carbocycles. The standard InChI is InChI=1S/C35H28N6O2S/c42-33(31-13-5-9-23-7-1-3-11-29(23)31)40-38-27-19-15-25(16-20-27)36-35(44)37-26-17-21-28(22-18-26)39-41-34(43)32-14-6-10-24-8-2-4-12-30(24)32/h1-22,38-39H,(H,40,42)(H,41,43)(H2,36,37,44). The van der Waals surface area contributed by atoms with Gasteiger partial charge >= 0.3 is 0 Å². The van der Waals surface area contributed by atoms with Crippen LogP contribution in [-0.2, 0) is 0 Å². The summed E-state index contributed by atoms with van der Waals surface area (Å²) in [5.74, 6) is -0.439. The van der Waals surface area contributed by atoms with Crippen molar-refractivity contribution in [1.82, 2.24) is 10.9 Å². The molecule has 0 unspecified atom stereocenters. The number of nitrogens with one attached hydrogen (secondary N) is 6. The third-order valence-corrected chi connectivity index (χ3v) is 7.20. The minimum atomic E-state index is -0.220. The van der Waals surface area contributed by atoms with Crippen molar-refractivity contribution in [3.63, 3.8) is 0 Å². The highest BCUT2D eigenvalue weighted by molar-refractivity contribution is 7.80. The van der Waals surface area contributed by atoms with Crippen molar-refractivity contribution in [2.45, 2.75) is 0 Å². The minimum absolute atomic E-state index is 0.220. The molecule has 0 radical (unpaired) electrons. The van der Waals surface area contributed by atoms with Crippen molar-refractivity contribution in [2.24, 2.45) is 0 Å². The molecule has 0 heterocycles. The molecule has 0 aliphatic rings. The molecule has 0 bridgehead atoms. The van der Waals surface area contributed by atoms with Crippen LogP contribution in [0.5, 0.6) is 0 Å². The fourth-order valence-electron chi connectivity index (χ4n) is 4.81. The average Bonchev–Trinajstić information content (AvgIpc) is 3.07. The van der Waals surface area contributed by atoms with Crippen molar-refractivity contribution in [3.05, 3.63) is 145 Å². The summed E-state index contributed by atoms with van der Waals surface area (Å²) < 4.78 is 0. The summed E-state index contributed by atoms with van der Waals surface area (Å²) in [5.41, 5.74) is 15.6. The quantitative estimate of drug-likeness (QED) is 0.0808. The van der Waals surface area contributed by atoms with Crippen LogP contribution in [0.2, 0.25) is 0 Å². The highest BCUT2D eigenvalue weighted by Gasteiger charge is 2.10. The molecule has 6 N–H and O–H groups in total. The maximum absolute atomic E-state index is 12.8. The molecule has 0 aliphatic heterocycles. The number of hydrogen-bond donors (Lipinski definition) is 6. The van der Waals surface area contributed by atoms with Gasteiger partial charge in [0.15, 0.2) is 5.11 Å². The van der Waals surface area contributed by atoms with Crippen LogP contribution in [-0.4, -0.2) is 16.9 Å². The predicted octanol–water partition coefficient (Wildman–Crippen LogP) is 7.32. The maximum Gasteiger partial charge on any atom is 0.270 e. The summed E-state index contributed by atoms with van der Waals surface area (Å²) in [6.07, 6.45) is 0. The number of carbonyl (C=O) groups is 2. The Morgan fingerprint density at radius 1 is 0.432 bits per heavy atom. The van der Waals surface area contributed by atoms with E-state index in [9.17, 15) is 9.59 Å². The summed E-state index contributed by atoms with van der Waals surface area (Å²) in [4.78, 5) is 25.5. The molecular weight excluding hydrogens is 568 g/mol. The molecule has 6 rings (SSSR count). The van der Waals surface area contributed by atoms with E-state index in [1.807, 2.05) is 121 Å². The number of thiocarbonyl (C=S) groups is 1. The second-order valence-corrected chi connectivity index (χ2v) is 10.4. The van der Waals surface area contributed by atoms with Crippen LogP contribution in [0.3, 0.4) is 0 Å². The molecule has 8 nitrogen and oxygen atoms in total. The van der Waals surface area contributed by atoms with Crippen LogP contribution in [0.25, 0.3) is 21.5 Å². The van der Waals surface area contributed by atoms with Crippen LogP contribution < -0.4 is 32.3 Å². The van der Waals surface area contributed by atoms with E-state index in [4.69, 9.17) is 12.2 Å². The first-order chi connectivity index (χ1) is 21.5. The van der Waals surface area contributed by atoms with Gasteiger partial charge in [0, 0.05) is 22.5 Å². The van der Waals surface area contributed by atoms with Gasteiger partial charge in [-0.05, 0) is 94.4 Å². The van der Waals surface area contributed by atoms with Crippen LogP contribution in [0.4, 0.5) is 22.7 Å². The lowest BCUT2D eigenvalue weighted by Gasteiger charge is -2.14. The van der Waals surface area contributed by atoms with Gasteiger partial charge in [-0.15, -0.1) is 0 Å². The van der Waals surface area contributed by atoms with Crippen molar-refractivity contribution in [2.75, 3.05) is 21.5 Å². The zero-order valence-electron chi connectivity index (χ0n) is 23.4. The number of fused-ring (bicyclic) bond motifs is 2. The number of anilines is 4. The molecule has 0 aliphatic carbocycles. The third kappa shape index (κ3) is 6.59. The highest BCUT2D eigenvalue weighted by Crippen LogP contribution is 2.21. The Morgan fingerprint density at radius 2 is 0.795 bits per heavy atom. The molecular formula is C35H28N6O2S. The van der Waals surface area contributed by atoms with Gasteiger partial charge in [-0.2, -0.15) is 0 Å². The van der Waals surface area contributed by atoms with Gasteiger partial charge in [0.25, 0.3) is 11.8 Å². The smallest absolute Gasteiger partial charge is 0.270 e. The molecule has 0 fully saturated rings. The summed E-state index contributed by atoms with van der Waals surface area (Å²) in [6.45, 7) is 0. The van der Waals surface area contributed by atoms with Gasteiger partial charge in [0.05, 0.1) is 11.4 Å². The average molecular weight is 597 g/mol. The van der Waals surface area contributed by atoms with E-state index in [2.05, 4.69) is 32.3 Å². The first-order valence-electron chi connectivity index (χ1n) is 13.9. The minimum Gasteiger partial charge on any atom is -0.332 e. The van der Waals surface area contributed by atoms with Crippen molar-refractivity contribution >= 4 is 73.4 Å². The number of hydrazine groups is 2. The molecule has 0 atom stereocenters.